The third kappa shape index (κ3) is 3.04. The maximum absolute atomic E-state index is 6.09. The number of rotatable bonds is 3. The summed E-state index contributed by atoms with van der Waals surface area (Å²) in [6.07, 6.45) is 0.868. The third-order valence-corrected chi connectivity index (χ3v) is 5.02. The molecule has 0 spiro atoms. The molecule has 2 aromatic rings. The molecule has 1 nitrogen and oxygen atoms in total. The molecule has 2 aromatic heterocycles. The van der Waals surface area contributed by atoms with Crippen molar-refractivity contribution < 1.29 is 0 Å². The van der Waals surface area contributed by atoms with Crippen LogP contribution in [0.5, 0.6) is 0 Å². The minimum atomic E-state index is 0.0491. The van der Waals surface area contributed by atoms with E-state index in [0.717, 1.165) is 19.4 Å². The van der Waals surface area contributed by atoms with E-state index in [1.165, 1.54) is 4.88 Å². The molecule has 0 aromatic carbocycles. The van der Waals surface area contributed by atoms with E-state index < -0.39 is 0 Å². The van der Waals surface area contributed by atoms with E-state index in [1.54, 1.807) is 22.7 Å². The SMILES string of the molecule is NC(Cc1ccc(Br)s1)c1ccc(Cl)s1. The van der Waals surface area contributed by atoms with Crippen LogP contribution >= 0.6 is 50.2 Å². The Morgan fingerprint density at radius 2 is 2.07 bits per heavy atom. The fraction of sp³-hybridized carbons (Fsp3) is 0.200. The van der Waals surface area contributed by atoms with Gasteiger partial charge in [-0.05, 0) is 40.2 Å². The lowest BCUT2D eigenvalue weighted by molar-refractivity contribution is 0.745. The van der Waals surface area contributed by atoms with Crippen LogP contribution < -0.4 is 5.73 Å². The van der Waals surface area contributed by atoms with Crippen molar-refractivity contribution in [2.24, 2.45) is 5.73 Å². The number of hydrogen-bond acceptors (Lipinski definition) is 3. The van der Waals surface area contributed by atoms with Crippen LogP contribution in [0.2, 0.25) is 4.34 Å². The van der Waals surface area contributed by atoms with Gasteiger partial charge in [0.15, 0.2) is 0 Å². The molecule has 2 rings (SSSR count). The van der Waals surface area contributed by atoms with Crippen LogP contribution in [-0.2, 0) is 6.42 Å². The third-order valence-electron chi connectivity index (χ3n) is 2.01. The van der Waals surface area contributed by atoms with Gasteiger partial charge in [0.2, 0.25) is 0 Å². The van der Waals surface area contributed by atoms with E-state index >= 15 is 0 Å². The Kier molecular flexibility index (Phi) is 3.85. The predicted octanol–water partition coefficient (Wildman–Crippen LogP) is 4.47. The Labute approximate surface area is 110 Å². The lowest BCUT2D eigenvalue weighted by Gasteiger charge is -2.06. The molecule has 0 aliphatic heterocycles. The topological polar surface area (TPSA) is 26.0 Å². The van der Waals surface area contributed by atoms with Gasteiger partial charge < -0.3 is 5.73 Å². The van der Waals surface area contributed by atoms with Crippen LogP contribution in [0.25, 0.3) is 0 Å². The first-order valence-electron chi connectivity index (χ1n) is 4.40. The van der Waals surface area contributed by atoms with Crippen molar-refractivity contribution in [1.82, 2.24) is 0 Å². The van der Waals surface area contributed by atoms with Crippen molar-refractivity contribution in [2.45, 2.75) is 12.5 Å². The van der Waals surface area contributed by atoms with E-state index in [2.05, 4.69) is 22.0 Å². The Balaban J connectivity index is 2.06. The van der Waals surface area contributed by atoms with Crippen LogP contribution in [0.1, 0.15) is 15.8 Å². The second kappa shape index (κ2) is 4.97. The van der Waals surface area contributed by atoms with Gasteiger partial charge >= 0.3 is 0 Å². The van der Waals surface area contributed by atoms with Crippen LogP contribution in [0, 0.1) is 0 Å². The highest BCUT2D eigenvalue weighted by Gasteiger charge is 2.10. The molecule has 5 heteroatoms. The molecule has 0 aliphatic rings. The van der Waals surface area contributed by atoms with Crippen molar-refractivity contribution >= 4 is 50.2 Å². The minimum absolute atomic E-state index is 0.0491. The summed E-state index contributed by atoms with van der Waals surface area (Å²) in [5.74, 6) is 0. The maximum Gasteiger partial charge on any atom is 0.0931 e. The van der Waals surface area contributed by atoms with E-state index in [-0.39, 0.29) is 6.04 Å². The summed E-state index contributed by atoms with van der Waals surface area (Å²) in [7, 11) is 0. The second-order valence-corrected chi connectivity index (χ2v) is 7.45. The first kappa shape index (κ1) is 11.6. The summed E-state index contributed by atoms with van der Waals surface area (Å²) < 4.78 is 1.95. The molecule has 0 saturated carbocycles. The fourth-order valence-corrected chi connectivity index (χ4v) is 3.91. The summed E-state index contributed by atoms with van der Waals surface area (Å²) in [5, 5.41) is 0. The highest BCUT2D eigenvalue weighted by Crippen LogP contribution is 2.30. The van der Waals surface area contributed by atoms with Crippen LogP contribution in [0.15, 0.2) is 28.1 Å². The molecular weight excluding hydrogens is 314 g/mol. The first-order chi connectivity index (χ1) is 7.15. The van der Waals surface area contributed by atoms with Crippen molar-refractivity contribution in [2.75, 3.05) is 0 Å². The van der Waals surface area contributed by atoms with Crippen molar-refractivity contribution in [1.29, 1.82) is 0 Å². The quantitative estimate of drug-likeness (QED) is 0.886. The summed E-state index contributed by atoms with van der Waals surface area (Å²) in [6.45, 7) is 0. The van der Waals surface area contributed by atoms with Gasteiger partial charge in [0.05, 0.1) is 8.12 Å². The van der Waals surface area contributed by atoms with Gasteiger partial charge in [-0.3, -0.25) is 0 Å². The minimum Gasteiger partial charge on any atom is -0.323 e. The monoisotopic (exact) mass is 321 g/mol. The normalized spacial score (nSPS) is 13.0. The molecule has 0 fully saturated rings. The van der Waals surface area contributed by atoms with E-state index in [0.29, 0.717) is 0 Å². The molecule has 1 atom stereocenters. The van der Waals surface area contributed by atoms with Gasteiger partial charge in [0, 0.05) is 22.2 Å². The highest BCUT2D eigenvalue weighted by molar-refractivity contribution is 9.11. The largest absolute Gasteiger partial charge is 0.323 e. The molecule has 2 N–H and O–H groups in total. The second-order valence-electron chi connectivity index (χ2n) is 3.16. The molecule has 1 unspecified atom stereocenters. The zero-order valence-corrected chi connectivity index (χ0v) is 11.7. The number of nitrogens with two attached hydrogens (primary N) is 1. The predicted molar refractivity (Wildman–Crippen MR) is 72.0 cm³/mol. The van der Waals surface area contributed by atoms with E-state index in [4.69, 9.17) is 17.3 Å². The standard InChI is InChI=1S/C10H9BrClNS2/c11-9-3-1-6(14-9)5-7(13)8-2-4-10(12)15-8/h1-4,7H,5,13H2. The molecule has 15 heavy (non-hydrogen) atoms. The van der Waals surface area contributed by atoms with Crippen molar-refractivity contribution in [3.05, 3.63) is 42.1 Å². The Morgan fingerprint density at radius 1 is 1.27 bits per heavy atom. The van der Waals surface area contributed by atoms with Crippen LogP contribution in [0.4, 0.5) is 0 Å². The lowest BCUT2D eigenvalue weighted by Crippen LogP contribution is -2.10. The van der Waals surface area contributed by atoms with Gasteiger partial charge in [0.25, 0.3) is 0 Å². The summed E-state index contributed by atoms with van der Waals surface area (Å²) >= 11 is 12.6. The molecule has 80 valence electrons. The fourth-order valence-electron chi connectivity index (χ4n) is 1.31. The molecular formula is C10H9BrClNS2. The summed E-state index contributed by atoms with van der Waals surface area (Å²) in [4.78, 5) is 2.43. The van der Waals surface area contributed by atoms with Crippen LogP contribution in [0.3, 0.4) is 0 Å². The number of thiophene rings is 2. The Bertz CT molecular complexity index is 452. The zero-order valence-electron chi connectivity index (χ0n) is 7.74. The van der Waals surface area contributed by atoms with Gasteiger partial charge in [-0.1, -0.05) is 11.6 Å². The molecule has 0 bridgehead atoms. The Hall–Kier alpha value is 0.130. The highest BCUT2D eigenvalue weighted by atomic mass is 79.9. The summed E-state index contributed by atoms with van der Waals surface area (Å²) in [6, 6.07) is 8.09. The van der Waals surface area contributed by atoms with E-state index in [1.807, 2.05) is 18.2 Å². The molecule has 0 saturated heterocycles. The van der Waals surface area contributed by atoms with Gasteiger partial charge in [-0.15, -0.1) is 22.7 Å². The molecule has 0 amide bonds. The molecule has 0 radical (unpaired) electrons. The van der Waals surface area contributed by atoms with Crippen LogP contribution in [-0.4, -0.2) is 0 Å². The van der Waals surface area contributed by atoms with E-state index in [9.17, 15) is 0 Å². The average Bonchev–Trinajstić information content (AvgIpc) is 2.75. The maximum atomic E-state index is 6.09. The number of halogens is 2. The van der Waals surface area contributed by atoms with Crippen molar-refractivity contribution in [3.8, 4) is 0 Å². The lowest BCUT2D eigenvalue weighted by atomic mass is 10.1. The van der Waals surface area contributed by atoms with Crippen molar-refractivity contribution in [3.63, 3.8) is 0 Å². The molecule has 2 heterocycles. The molecule has 0 aliphatic carbocycles. The van der Waals surface area contributed by atoms with Gasteiger partial charge in [0.1, 0.15) is 0 Å². The number of hydrogen-bond donors (Lipinski definition) is 1. The summed E-state index contributed by atoms with van der Waals surface area (Å²) in [5.41, 5.74) is 6.09. The smallest absolute Gasteiger partial charge is 0.0931 e. The van der Waals surface area contributed by atoms with Gasteiger partial charge in [-0.25, -0.2) is 0 Å². The average molecular weight is 323 g/mol. The Morgan fingerprint density at radius 3 is 2.60 bits per heavy atom. The first-order valence-corrected chi connectivity index (χ1v) is 7.20. The van der Waals surface area contributed by atoms with Gasteiger partial charge in [-0.2, -0.15) is 0 Å². The zero-order chi connectivity index (χ0) is 10.8.